The molecule has 17 rings (SSSR count). The number of hydrogen-bond acceptors (Lipinski definition) is 4. The van der Waals surface area contributed by atoms with Gasteiger partial charge in [0.05, 0.1) is 39.7 Å². The lowest BCUT2D eigenvalue weighted by molar-refractivity contribution is 0.606. The molecule has 0 fully saturated rings. The molecular weight excluding hydrogens is 1070 g/mol. The summed E-state index contributed by atoms with van der Waals surface area (Å²) in [6.07, 6.45) is 1.75. The minimum atomic E-state index is 0.574. The molecule has 0 unspecified atom stereocenters. The van der Waals surface area contributed by atoms with Crippen molar-refractivity contribution in [3.63, 3.8) is 0 Å². The fraction of sp³-hybridized carbons (Fsp3) is 0. The Morgan fingerprint density at radius 3 is 1.49 bits per heavy atom. The van der Waals surface area contributed by atoms with E-state index in [0.717, 1.165) is 127 Å². The van der Waals surface area contributed by atoms with E-state index < -0.39 is 0 Å². The molecule has 412 valence electrons. The summed E-state index contributed by atoms with van der Waals surface area (Å²) in [4.78, 5) is 11.2. The summed E-state index contributed by atoms with van der Waals surface area (Å²) in [5.74, 6) is 0.574. The van der Waals surface area contributed by atoms with E-state index >= 15 is 0 Å². The van der Waals surface area contributed by atoms with Gasteiger partial charge in [0.2, 0.25) is 5.95 Å². The average molecular weight is 1130 g/mol. The second kappa shape index (κ2) is 21.0. The van der Waals surface area contributed by atoms with E-state index in [-0.39, 0.29) is 0 Å². The van der Waals surface area contributed by atoms with Gasteiger partial charge in [-0.15, -0.1) is 0 Å². The summed E-state index contributed by atoms with van der Waals surface area (Å²) in [5.41, 5.74) is 22.8. The lowest BCUT2D eigenvalue weighted by atomic mass is 9.90. The first-order valence-electron chi connectivity index (χ1n) is 29.8. The van der Waals surface area contributed by atoms with Gasteiger partial charge in [0.15, 0.2) is 0 Å². The van der Waals surface area contributed by atoms with Gasteiger partial charge in [0.1, 0.15) is 16.7 Å². The number of nitrogens with zero attached hydrogens (tertiary/aromatic N) is 4. The maximum Gasteiger partial charge on any atom is 0.235 e. The van der Waals surface area contributed by atoms with Gasteiger partial charge in [-0.3, -0.25) is 4.57 Å². The smallest absolute Gasteiger partial charge is 0.235 e. The number of hydrogen-bond donors (Lipinski definition) is 0. The Morgan fingerprint density at radius 2 is 0.739 bits per heavy atom. The van der Waals surface area contributed by atoms with Crippen molar-refractivity contribution in [3.05, 3.63) is 316 Å². The van der Waals surface area contributed by atoms with Crippen LogP contribution in [0.25, 0.3) is 166 Å². The highest BCUT2D eigenvalue weighted by atomic mass is 16.3. The first kappa shape index (κ1) is 50.6. The molecule has 0 saturated heterocycles. The lowest BCUT2D eigenvalue weighted by Gasteiger charge is -2.15. The van der Waals surface area contributed by atoms with Crippen molar-refractivity contribution in [2.45, 2.75) is 0 Å². The number of fused-ring (bicyclic) bond motifs is 10. The molecule has 0 spiro atoms. The van der Waals surface area contributed by atoms with Crippen LogP contribution < -0.4 is 0 Å². The number of aromatic nitrogens is 4. The van der Waals surface area contributed by atoms with Gasteiger partial charge in [-0.2, -0.15) is 0 Å². The third kappa shape index (κ3) is 8.81. The SMILES string of the molecule is c1ccc(-c2ccc(-c3cccc(-c4cc(-c5cccc(-n6c7ccccc7c7cc(-c8ccc9oc%10ccccc%10c9c8)ccc76)c5)nc(-n5c6ccccc6c6cc(-c7cccoc8ccccc8cc7)ccc65)n4)c3)cc2-c2ccccc2)cc1. The van der Waals surface area contributed by atoms with Gasteiger partial charge in [-0.1, -0.05) is 212 Å². The van der Waals surface area contributed by atoms with E-state index in [4.69, 9.17) is 18.8 Å². The molecule has 6 heteroatoms. The van der Waals surface area contributed by atoms with Crippen LogP contribution in [0.1, 0.15) is 0 Å². The summed E-state index contributed by atoms with van der Waals surface area (Å²) in [7, 11) is 0. The minimum absolute atomic E-state index is 0.574. The normalized spacial score (nSPS) is 11.6. The molecule has 0 aliphatic carbocycles. The van der Waals surface area contributed by atoms with Crippen molar-refractivity contribution in [3.8, 4) is 89.8 Å². The van der Waals surface area contributed by atoms with E-state index in [2.05, 4.69) is 282 Å². The number of rotatable bonds is 9. The lowest BCUT2D eigenvalue weighted by Crippen LogP contribution is -2.04. The second-order valence-electron chi connectivity index (χ2n) is 22.5. The highest BCUT2D eigenvalue weighted by Gasteiger charge is 2.21. The Kier molecular flexibility index (Phi) is 12.1. The van der Waals surface area contributed by atoms with Gasteiger partial charge < -0.3 is 13.4 Å². The van der Waals surface area contributed by atoms with Crippen LogP contribution in [0.15, 0.2) is 324 Å². The van der Waals surface area contributed by atoms with Crippen molar-refractivity contribution in [1.82, 2.24) is 19.1 Å². The van der Waals surface area contributed by atoms with E-state index in [1.165, 1.54) is 33.0 Å². The third-order valence-electron chi connectivity index (χ3n) is 17.3. The predicted molar refractivity (Wildman–Crippen MR) is 363 cm³/mol. The van der Waals surface area contributed by atoms with Crippen LogP contribution >= 0.6 is 0 Å². The standard InChI is InChI=1S/C82H52N4O2/c1-3-18-54(19-4-1)65-41-37-59(48-69(65)55-20-5-2-6-21-55)57-23-15-24-62(46-57)73-52-74(84-82(83-73)86-76-32-12-9-29-67(76)71-49-58(38-43-78(71)86)53-26-17-45-87-79-33-13-7-22-56(79)36-35-53)63-25-16-27-64(47-63)85-75-31-11-8-28-66(75)70-50-60(39-42-77(70)85)61-40-44-81-72(51-61)68-30-10-14-34-80(68)88-81/h1-52H. The highest BCUT2D eigenvalue weighted by Crippen LogP contribution is 2.42. The molecule has 5 aromatic heterocycles. The van der Waals surface area contributed by atoms with Crippen molar-refractivity contribution in [1.29, 1.82) is 0 Å². The molecule has 88 heavy (non-hydrogen) atoms. The summed E-state index contributed by atoms with van der Waals surface area (Å²) < 4.78 is 16.9. The summed E-state index contributed by atoms with van der Waals surface area (Å²) in [6, 6.07) is 110. The summed E-state index contributed by atoms with van der Waals surface area (Å²) >= 11 is 0. The quantitative estimate of drug-likeness (QED) is 0.144. The Balaban J connectivity index is 0.830. The Bertz CT molecular complexity index is 5650. The van der Waals surface area contributed by atoms with Gasteiger partial charge in [0.25, 0.3) is 0 Å². The molecular formula is C82H52N4O2. The summed E-state index contributed by atoms with van der Waals surface area (Å²) in [5, 5.41) is 7.80. The Hall–Kier alpha value is -11.9. The molecule has 0 N–H and O–H groups in total. The Morgan fingerprint density at radius 1 is 0.250 bits per heavy atom. The first-order chi connectivity index (χ1) is 43.6. The van der Waals surface area contributed by atoms with Crippen molar-refractivity contribution in [2.75, 3.05) is 0 Å². The van der Waals surface area contributed by atoms with Crippen LogP contribution in [-0.2, 0) is 0 Å². The van der Waals surface area contributed by atoms with Crippen LogP contribution in [0.2, 0.25) is 0 Å². The zero-order valence-electron chi connectivity index (χ0n) is 47.6. The third-order valence-corrected chi connectivity index (χ3v) is 17.3. The van der Waals surface area contributed by atoms with Crippen molar-refractivity contribution in [2.24, 2.45) is 0 Å². The predicted octanol–water partition coefficient (Wildman–Crippen LogP) is 22.1. The number of furan rings is 1. The molecule has 0 amide bonds. The van der Waals surface area contributed by atoms with Gasteiger partial charge in [-0.25, -0.2) is 9.97 Å². The van der Waals surface area contributed by atoms with Crippen molar-refractivity contribution >= 4 is 76.5 Å². The molecule has 0 bridgehead atoms. The van der Waals surface area contributed by atoms with Gasteiger partial charge in [0, 0.05) is 54.5 Å². The molecule has 0 atom stereocenters. The maximum atomic E-state index is 6.23. The molecule has 0 radical (unpaired) electrons. The molecule has 12 aromatic carbocycles. The molecule has 17 aromatic rings. The molecule has 5 heterocycles. The monoisotopic (exact) mass is 1120 g/mol. The molecule has 0 saturated carbocycles. The van der Waals surface area contributed by atoms with E-state index in [9.17, 15) is 0 Å². The molecule has 0 aliphatic rings. The first-order valence-corrected chi connectivity index (χ1v) is 29.8. The van der Waals surface area contributed by atoms with Crippen LogP contribution in [0.3, 0.4) is 0 Å². The van der Waals surface area contributed by atoms with Crippen LogP contribution in [0, 0.1) is 0 Å². The van der Waals surface area contributed by atoms with Crippen LogP contribution in [0.5, 0.6) is 0 Å². The highest BCUT2D eigenvalue weighted by molar-refractivity contribution is 6.12. The molecule has 6 nitrogen and oxygen atoms in total. The fourth-order valence-electron chi connectivity index (χ4n) is 13.1. The number of para-hydroxylation sites is 4. The maximum absolute atomic E-state index is 6.23. The minimum Gasteiger partial charge on any atom is -0.464 e. The van der Waals surface area contributed by atoms with Crippen LogP contribution in [-0.4, -0.2) is 19.1 Å². The second-order valence-corrected chi connectivity index (χ2v) is 22.5. The zero-order valence-corrected chi connectivity index (χ0v) is 47.6. The topological polar surface area (TPSA) is 61.9 Å². The zero-order chi connectivity index (χ0) is 58.1. The average Bonchev–Trinajstić information content (AvgIpc) is 4.26. The largest absolute Gasteiger partial charge is 0.464 e. The van der Waals surface area contributed by atoms with E-state index in [1.54, 1.807) is 6.26 Å². The molecule has 0 aliphatic heterocycles. The summed E-state index contributed by atoms with van der Waals surface area (Å²) in [6.45, 7) is 0. The number of benzene rings is 12. The Labute approximate surface area is 507 Å². The van der Waals surface area contributed by atoms with E-state index in [0.29, 0.717) is 5.95 Å². The van der Waals surface area contributed by atoms with Crippen LogP contribution in [0.4, 0.5) is 0 Å². The van der Waals surface area contributed by atoms with Gasteiger partial charge >= 0.3 is 0 Å². The van der Waals surface area contributed by atoms with Gasteiger partial charge in [-0.05, 0) is 153 Å². The fourth-order valence-corrected chi connectivity index (χ4v) is 13.1. The van der Waals surface area contributed by atoms with E-state index in [1.807, 2.05) is 36.4 Å². The van der Waals surface area contributed by atoms with Crippen molar-refractivity contribution < 1.29 is 8.83 Å².